The molecular weight excluding hydrogens is 274 g/mol. The summed E-state index contributed by atoms with van der Waals surface area (Å²) >= 11 is 5.16. The maximum atomic E-state index is 5.51. The zero-order valence-corrected chi connectivity index (χ0v) is 13.0. The van der Waals surface area contributed by atoms with E-state index in [-0.39, 0.29) is 6.10 Å². The molecule has 2 N–H and O–H groups in total. The third-order valence-electron chi connectivity index (χ3n) is 3.44. The van der Waals surface area contributed by atoms with Crippen LogP contribution in [0.25, 0.3) is 0 Å². The first kappa shape index (κ1) is 14.9. The van der Waals surface area contributed by atoms with E-state index in [4.69, 9.17) is 17.0 Å². The van der Waals surface area contributed by atoms with Crippen LogP contribution in [0.4, 0.5) is 0 Å². The van der Waals surface area contributed by atoms with E-state index in [1.165, 1.54) is 0 Å². The summed E-state index contributed by atoms with van der Waals surface area (Å²) in [6.07, 6.45) is 4.23. The number of hydrogen-bond acceptors (Lipinski definition) is 4. The smallest absolute Gasteiger partial charge is 0.187 e. The van der Waals surface area contributed by atoms with Crippen molar-refractivity contribution in [2.45, 2.75) is 32.8 Å². The predicted molar refractivity (Wildman–Crippen MR) is 83.0 cm³/mol. The van der Waals surface area contributed by atoms with Gasteiger partial charge in [-0.3, -0.25) is 10.1 Å². The highest BCUT2D eigenvalue weighted by Crippen LogP contribution is 2.10. The molecule has 1 aromatic rings. The molecule has 6 nitrogen and oxygen atoms in total. The summed E-state index contributed by atoms with van der Waals surface area (Å²) in [5.74, 6) is 0. The molecule has 1 aliphatic rings. The van der Waals surface area contributed by atoms with Crippen molar-refractivity contribution in [1.82, 2.24) is 20.5 Å². The minimum atomic E-state index is 0.265. The number of rotatable bonds is 4. The highest BCUT2D eigenvalue weighted by atomic mass is 32.1. The Morgan fingerprint density at radius 2 is 2.40 bits per heavy atom. The third kappa shape index (κ3) is 3.77. The third-order valence-corrected chi connectivity index (χ3v) is 3.67. The van der Waals surface area contributed by atoms with Gasteiger partial charge in [-0.25, -0.2) is 0 Å². The van der Waals surface area contributed by atoms with E-state index in [0.29, 0.717) is 5.11 Å². The fourth-order valence-corrected chi connectivity index (χ4v) is 2.32. The highest BCUT2D eigenvalue weighted by molar-refractivity contribution is 7.80. The Morgan fingerprint density at radius 3 is 3.00 bits per heavy atom. The van der Waals surface area contributed by atoms with Gasteiger partial charge in [0.05, 0.1) is 18.0 Å². The first-order valence-electron chi connectivity index (χ1n) is 6.76. The van der Waals surface area contributed by atoms with E-state index in [1.807, 2.05) is 25.6 Å². The van der Waals surface area contributed by atoms with Crippen molar-refractivity contribution in [2.24, 2.45) is 12.1 Å². The fraction of sp³-hybridized carbons (Fsp3) is 0.615. The van der Waals surface area contributed by atoms with Crippen molar-refractivity contribution < 1.29 is 4.74 Å². The summed E-state index contributed by atoms with van der Waals surface area (Å²) in [4.78, 5) is 0. The van der Waals surface area contributed by atoms with Gasteiger partial charge in [0.15, 0.2) is 5.11 Å². The zero-order chi connectivity index (χ0) is 14.5. The van der Waals surface area contributed by atoms with Gasteiger partial charge in [-0.05, 0) is 38.9 Å². The number of hydrazone groups is 1. The summed E-state index contributed by atoms with van der Waals surface area (Å²) in [5.41, 5.74) is 5.86. The molecule has 0 saturated carbocycles. The molecule has 1 saturated heterocycles. The molecule has 0 bridgehead atoms. The van der Waals surface area contributed by atoms with Crippen LogP contribution >= 0.6 is 12.2 Å². The SMILES string of the molecule is Cc1nn(C)c(C)c1C=NNC(=S)NCC1CCCO1. The summed E-state index contributed by atoms with van der Waals surface area (Å²) in [7, 11) is 1.92. The number of aromatic nitrogens is 2. The monoisotopic (exact) mass is 295 g/mol. The molecule has 20 heavy (non-hydrogen) atoms. The van der Waals surface area contributed by atoms with E-state index in [0.717, 1.165) is 42.9 Å². The summed E-state index contributed by atoms with van der Waals surface area (Å²) < 4.78 is 7.35. The second-order valence-electron chi connectivity index (χ2n) is 4.92. The predicted octanol–water partition coefficient (Wildman–Crippen LogP) is 1.01. The Bertz CT molecular complexity index is 505. The molecule has 1 fully saturated rings. The zero-order valence-electron chi connectivity index (χ0n) is 12.1. The Balaban J connectivity index is 1.78. The van der Waals surface area contributed by atoms with Crippen LogP contribution < -0.4 is 10.7 Å². The molecule has 1 unspecified atom stereocenters. The molecule has 0 aliphatic carbocycles. The van der Waals surface area contributed by atoms with E-state index in [1.54, 1.807) is 6.21 Å². The minimum absolute atomic E-state index is 0.265. The van der Waals surface area contributed by atoms with E-state index in [2.05, 4.69) is 20.9 Å². The van der Waals surface area contributed by atoms with Crippen LogP contribution in [0.5, 0.6) is 0 Å². The number of aryl methyl sites for hydroxylation is 2. The summed E-state index contributed by atoms with van der Waals surface area (Å²) in [6, 6.07) is 0. The number of thiocarbonyl (C=S) groups is 1. The number of nitrogens with zero attached hydrogens (tertiary/aromatic N) is 3. The van der Waals surface area contributed by atoms with Gasteiger partial charge in [0, 0.05) is 31.5 Å². The normalized spacial score (nSPS) is 18.6. The standard InChI is InChI=1S/C13H21N5OS/c1-9-12(10(2)18(3)17-9)8-15-16-13(20)14-7-11-5-4-6-19-11/h8,11H,4-7H2,1-3H3,(H2,14,16,20). The van der Waals surface area contributed by atoms with Gasteiger partial charge in [-0.1, -0.05) is 0 Å². The molecule has 0 aromatic carbocycles. The Hall–Kier alpha value is -1.47. The second-order valence-corrected chi connectivity index (χ2v) is 5.33. The lowest BCUT2D eigenvalue weighted by Gasteiger charge is -2.11. The van der Waals surface area contributed by atoms with E-state index >= 15 is 0 Å². The average molecular weight is 295 g/mol. The quantitative estimate of drug-likeness (QED) is 0.493. The molecule has 1 aliphatic heterocycles. The number of hydrogen-bond donors (Lipinski definition) is 2. The van der Waals surface area contributed by atoms with Crippen LogP contribution in [-0.2, 0) is 11.8 Å². The molecule has 7 heteroatoms. The second kappa shape index (κ2) is 6.81. The van der Waals surface area contributed by atoms with Crippen molar-refractivity contribution in [3.63, 3.8) is 0 Å². The lowest BCUT2D eigenvalue weighted by Crippen LogP contribution is -2.37. The Labute approximate surface area is 124 Å². The molecular formula is C13H21N5OS. The van der Waals surface area contributed by atoms with Gasteiger partial charge in [0.1, 0.15) is 0 Å². The van der Waals surface area contributed by atoms with Crippen molar-refractivity contribution >= 4 is 23.5 Å². The van der Waals surface area contributed by atoms with E-state index < -0.39 is 0 Å². The Morgan fingerprint density at radius 1 is 1.60 bits per heavy atom. The molecule has 1 atom stereocenters. The lowest BCUT2D eigenvalue weighted by atomic mass is 10.2. The topological polar surface area (TPSA) is 63.5 Å². The van der Waals surface area contributed by atoms with Gasteiger partial charge in [0.2, 0.25) is 0 Å². The molecule has 2 heterocycles. The minimum Gasteiger partial charge on any atom is -0.376 e. The van der Waals surface area contributed by atoms with Crippen LogP contribution in [0.2, 0.25) is 0 Å². The Kier molecular flexibility index (Phi) is 5.08. The van der Waals surface area contributed by atoms with Crippen LogP contribution in [-0.4, -0.2) is 40.4 Å². The maximum Gasteiger partial charge on any atom is 0.187 e. The lowest BCUT2D eigenvalue weighted by molar-refractivity contribution is 0.114. The largest absolute Gasteiger partial charge is 0.376 e. The van der Waals surface area contributed by atoms with Gasteiger partial charge < -0.3 is 10.1 Å². The molecule has 2 rings (SSSR count). The number of nitrogens with one attached hydrogen (secondary N) is 2. The average Bonchev–Trinajstić information content (AvgIpc) is 3.00. The van der Waals surface area contributed by atoms with Gasteiger partial charge in [0.25, 0.3) is 0 Å². The van der Waals surface area contributed by atoms with Gasteiger partial charge in [-0.15, -0.1) is 0 Å². The molecule has 0 spiro atoms. The molecule has 110 valence electrons. The fourth-order valence-electron chi connectivity index (χ4n) is 2.18. The van der Waals surface area contributed by atoms with Crippen molar-refractivity contribution in [3.8, 4) is 0 Å². The van der Waals surface area contributed by atoms with Gasteiger partial charge in [-0.2, -0.15) is 10.2 Å². The van der Waals surface area contributed by atoms with Crippen LogP contribution in [0.3, 0.4) is 0 Å². The van der Waals surface area contributed by atoms with Crippen LogP contribution in [0.15, 0.2) is 5.10 Å². The van der Waals surface area contributed by atoms with Crippen LogP contribution in [0, 0.1) is 13.8 Å². The highest BCUT2D eigenvalue weighted by Gasteiger charge is 2.15. The number of ether oxygens (including phenoxy) is 1. The van der Waals surface area contributed by atoms with Gasteiger partial charge >= 0.3 is 0 Å². The summed E-state index contributed by atoms with van der Waals surface area (Å²) in [6.45, 7) is 5.55. The van der Waals surface area contributed by atoms with Crippen molar-refractivity contribution in [2.75, 3.05) is 13.2 Å². The molecule has 0 amide bonds. The van der Waals surface area contributed by atoms with Crippen LogP contribution in [0.1, 0.15) is 29.8 Å². The first-order valence-corrected chi connectivity index (χ1v) is 7.17. The van der Waals surface area contributed by atoms with Crippen molar-refractivity contribution in [1.29, 1.82) is 0 Å². The van der Waals surface area contributed by atoms with Crippen molar-refractivity contribution in [3.05, 3.63) is 17.0 Å². The maximum absolute atomic E-state index is 5.51. The molecule has 1 aromatic heterocycles. The first-order chi connectivity index (χ1) is 9.58. The summed E-state index contributed by atoms with van der Waals surface area (Å²) in [5, 5.41) is 12.1. The van der Waals surface area contributed by atoms with E-state index in [9.17, 15) is 0 Å². The molecule has 0 radical (unpaired) electrons.